The maximum Gasteiger partial charge on any atom is 0.244 e. The van der Waals surface area contributed by atoms with Crippen LogP contribution in [0.3, 0.4) is 0 Å². The molecule has 1 aliphatic heterocycles. The van der Waals surface area contributed by atoms with Crippen LogP contribution in [0.2, 0.25) is 0 Å². The van der Waals surface area contributed by atoms with Gasteiger partial charge in [-0.2, -0.15) is 5.10 Å². The molecule has 22 heavy (non-hydrogen) atoms. The molecule has 1 saturated heterocycles. The van der Waals surface area contributed by atoms with Crippen LogP contribution in [-0.4, -0.2) is 17.3 Å². The van der Waals surface area contributed by atoms with Crippen molar-refractivity contribution < 1.29 is 9.18 Å². The van der Waals surface area contributed by atoms with Crippen LogP contribution >= 0.6 is 11.8 Å². The van der Waals surface area contributed by atoms with E-state index in [0.717, 1.165) is 11.1 Å². The number of amides is 1. The lowest BCUT2D eigenvalue weighted by molar-refractivity contribution is -0.118. The summed E-state index contributed by atoms with van der Waals surface area (Å²) >= 11 is 1.33. The lowest BCUT2D eigenvalue weighted by Gasteiger charge is -2.03. The molecule has 0 bridgehead atoms. The van der Waals surface area contributed by atoms with E-state index in [0.29, 0.717) is 5.17 Å². The second-order valence-electron chi connectivity index (χ2n) is 4.60. The minimum Gasteiger partial charge on any atom is -0.302 e. The van der Waals surface area contributed by atoms with Gasteiger partial charge in [0.2, 0.25) is 5.91 Å². The Bertz CT molecular complexity index is 729. The maximum atomic E-state index is 12.8. The highest BCUT2D eigenvalue weighted by Gasteiger charge is 2.31. The summed E-state index contributed by atoms with van der Waals surface area (Å²) in [5.41, 5.74) is 1.66. The molecule has 4 nitrogen and oxygen atoms in total. The van der Waals surface area contributed by atoms with E-state index >= 15 is 0 Å². The van der Waals surface area contributed by atoms with Crippen molar-refractivity contribution >= 4 is 29.1 Å². The van der Waals surface area contributed by atoms with Gasteiger partial charge in [-0.05, 0) is 23.3 Å². The molecule has 0 unspecified atom stereocenters. The molecule has 6 heteroatoms. The zero-order valence-corrected chi connectivity index (χ0v) is 12.3. The second-order valence-corrected chi connectivity index (χ2v) is 5.69. The molecule has 1 heterocycles. The Hall–Kier alpha value is -2.47. The molecule has 1 amide bonds. The summed E-state index contributed by atoms with van der Waals surface area (Å²) in [6.45, 7) is 0. The highest BCUT2D eigenvalue weighted by atomic mass is 32.2. The van der Waals surface area contributed by atoms with Crippen LogP contribution in [0.15, 0.2) is 64.8 Å². The molecule has 1 N–H and O–H groups in total. The average molecular weight is 313 g/mol. The van der Waals surface area contributed by atoms with Crippen LogP contribution in [0.5, 0.6) is 0 Å². The van der Waals surface area contributed by atoms with Crippen LogP contribution in [0, 0.1) is 5.82 Å². The Labute approximate surface area is 131 Å². The molecule has 0 saturated carbocycles. The van der Waals surface area contributed by atoms with E-state index in [2.05, 4.69) is 15.5 Å². The van der Waals surface area contributed by atoms with E-state index in [1.807, 2.05) is 30.3 Å². The van der Waals surface area contributed by atoms with Gasteiger partial charge in [0.05, 0.1) is 6.21 Å². The van der Waals surface area contributed by atoms with E-state index in [-0.39, 0.29) is 17.0 Å². The SMILES string of the molecule is O=C1N/C(=N\N=C/c2ccc(F)cc2)S[C@H]1c1ccccc1. The highest BCUT2D eigenvalue weighted by molar-refractivity contribution is 8.15. The van der Waals surface area contributed by atoms with Gasteiger partial charge >= 0.3 is 0 Å². The van der Waals surface area contributed by atoms with Gasteiger partial charge in [-0.15, -0.1) is 5.10 Å². The monoisotopic (exact) mass is 313 g/mol. The van der Waals surface area contributed by atoms with Crippen molar-refractivity contribution in [1.29, 1.82) is 0 Å². The minimum atomic E-state index is -0.305. The fourth-order valence-electron chi connectivity index (χ4n) is 1.96. The summed E-state index contributed by atoms with van der Waals surface area (Å²) in [6, 6.07) is 15.4. The van der Waals surface area contributed by atoms with E-state index in [1.54, 1.807) is 12.1 Å². The van der Waals surface area contributed by atoms with Crippen molar-refractivity contribution in [2.24, 2.45) is 10.2 Å². The molecule has 0 radical (unpaired) electrons. The van der Waals surface area contributed by atoms with Crippen LogP contribution < -0.4 is 5.32 Å². The van der Waals surface area contributed by atoms with Crippen molar-refractivity contribution in [3.63, 3.8) is 0 Å². The number of benzene rings is 2. The molecule has 1 aliphatic rings. The van der Waals surface area contributed by atoms with Crippen molar-refractivity contribution in [1.82, 2.24) is 5.32 Å². The maximum absolute atomic E-state index is 12.8. The zero-order chi connectivity index (χ0) is 15.4. The van der Waals surface area contributed by atoms with Gasteiger partial charge in [-0.25, -0.2) is 4.39 Å². The molecule has 1 fully saturated rings. The first-order chi connectivity index (χ1) is 10.7. The van der Waals surface area contributed by atoms with Gasteiger partial charge in [0.15, 0.2) is 5.17 Å². The number of amidine groups is 1. The summed E-state index contributed by atoms with van der Waals surface area (Å²) in [6.07, 6.45) is 1.51. The predicted molar refractivity (Wildman–Crippen MR) is 86.3 cm³/mol. The van der Waals surface area contributed by atoms with Gasteiger partial charge in [0.25, 0.3) is 0 Å². The Kier molecular flexibility index (Phi) is 4.29. The van der Waals surface area contributed by atoms with Gasteiger partial charge in [0.1, 0.15) is 11.1 Å². The smallest absolute Gasteiger partial charge is 0.244 e. The number of carbonyl (C=O) groups is 1. The standard InChI is InChI=1S/C16H12FN3OS/c17-13-8-6-11(7-9-13)10-18-20-16-19-15(21)14(22-16)12-4-2-1-3-5-12/h1-10,14H,(H,19,20,21)/b18-10-/t14-/m0/s1. The molecule has 0 spiro atoms. The molecule has 0 aromatic heterocycles. The number of hydrogen-bond donors (Lipinski definition) is 1. The van der Waals surface area contributed by atoms with Gasteiger partial charge < -0.3 is 5.32 Å². The number of halogens is 1. The first-order valence-electron chi connectivity index (χ1n) is 6.61. The van der Waals surface area contributed by atoms with Crippen molar-refractivity contribution in [3.05, 3.63) is 71.5 Å². The summed E-state index contributed by atoms with van der Waals surface area (Å²) < 4.78 is 12.8. The second kappa shape index (κ2) is 6.53. The van der Waals surface area contributed by atoms with Crippen molar-refractivity contribution in [2.75, 3.05) is 0 Å². The lowest BCUT2D eigenvalue weighted by Crippen LogP contribution is -2.21. The Morgan fingerprint density at radius 3 is 2.55 bits per heavy atom. The molecule has 3 rings (SSSR count). The number of rotatable bonds is 3. The van der Waals surface area contributed by atoms with E-state index in [9.17, 15) is 9.18 Å². The first kappa shape index (κ1) is 14.5. The Morgan fingerprint density at radius 2 is 1.82 bits per heavy atom. The molecule has 2 aromatic rings. The van der Waals surface area contributed by atoms with Gasteiger partial charge in [-0.1, -0.05) is 54.2 Å². The summed E-state index contributed by atoms with van der Waals surface area (Å²) in [4.78, 5) is 11.9. The minimum absolute atomic E-state index is 0.105. The molecular formula is C16H12FN3OS. The number of carbonyl (C=O) groups excluding carboxylic acids is 1. The third-order valence-electron chi connectivity index (χ3n) is 3.03. The van der Waals surface area contributed by atoms with E-state index in [1.165, 1.54) is 30.1 Å². The quantitative estimate of drug-likeness (QED) is 0.699. The number of nitrogens with zero attached hydrogens (tertiary/aromatic N) is 2. The summed E-state index contributed by atoms with van der Waals surface area (Å²) in [5, 5.41) is 10.8. The number of hydrogen-bond acceptors (Lipinski definition) is 4. The van der Waals surface area contributed by atoms with Gasteiger partial charge in [-0.3, -0.25) is 4.79 Å². The van der Waals surface area contributed by atoms with Crippen LogP contribution in [0.1, 0.15) is 16.4 Å². The topological polar surface area (TPSA) is 53.8 Å². The molecular weight excluding hydrogens is 301 g/mol. The molecule has 2 aromatic carbocycles. The highest BCUT2D eigenvalue weighted by Crippen LogP contribution is 2.34. The fraction of sp³-hybridized carbons (Fsp3) is 0.0625. The van der Waals surface area contributed by atoms with Crippen LogP contribution in [0.4, 0.5) is 4.39 Å². The first-order valence-corrected chi connectivity index (χ1v) is 7.49. The largest absolute Gasteiger partial charge is 0.302 e. The summed E-state index contributed by atoms with van der Waals surface area (Å²) in [7, 11) is 0. The van der Waals surface area contributed by atoms with E-state index < -0.39 is 0 Å². The Balaban J connectivity index is 1.69. The number of thioether (sulfide) groups is 1. The average Bonchev–Trinajstić information content (AvgIpc) is 2.91. The fourth-order valence-corrected chi connectivity index (χ4v) is 2.89. The van der Waals surface area contributed by atoms with E-state index in [4.69, 9.17) is 0 Å². The van der Waals surface area contributed by atoms with Gasteiger partial charge in [0, 0.05) is 0 Å². The lowest BCUT2D eigenvalue weighted by atomic mass is 10.1. The third kappa shape index (κ3) is 3.40. The zero-order valence-electron chi connectivity index (χ0n) is 11.4. The normalized spacial score (nSPS) is 19.8. The molecule has 1 atom stereocenters. The van der Waals surface area contributed by atoms with Crippen molar-refractivity contribution in [3.8, 4) is 0 Å². The molecule has 110 valence electrons. The third-order valence-corrected chi connectivity index (χ3v) is 4.15. The predicted octanol–water partition coefficient (Wildman–Crippen LogP) is 3.12. The number of nitrogens with one attached hydrogen (secondary N) is 1. The Morgan fingerprint density at radius 1 is 1.09 bits per heavy atom. The summed E-state index contributed by atoms with van der Waals surface area (Å²) in [5.74, 6) is -0.403. The van der Waals surface area contributed by atoms with Crippen molar-refractivity contribution in [2.45, 2.75) is 5.25 Å². The van der Waals surface area contributed by atoms with Crippen LogP contribution in [0.25, 0.3) is 0 Å². The van der Waals surface area contributed by atoms with Crippen LogP contribution in [-0.2, 0) is 4.79 Å². The molecule has 0 aliphatic carbocycles.